The largest absolute Gasteiger partial charge is 0.480 e. The van der Waals surface area contributed by atoms with Gasteiger partial charge in [0.15, 0.2) is 0 Å². The third-order valence-corrected chi connectivity index (χ3v) is 2.21. The molecular weight excluding hydrogens is 324 g/mol. The number of carboxylic acids is 2. The zero-order valence-corrected chi connectivity index (χ0v) is 11.6. The van der Waals surface area contributed by atoms with E-state index in [0.29, 0.717) is 5.69 Å². The summed E-state index contributed by atoms with van der Waals surface area (Å²) >= 11 is 3.65. The fourth-order valence-electron chi connectivity index (χ4n) is 0.793. The summed E-state index contributed by atoms with van der Waals surface area (Å²) in [5, 5.41) is 16.4. The van der Waals surface area contributed by atoms with Crippen molar-refractivity contribution in [2.75, 3.05) is 5.75 Å². The molecule has 113 valence electrons. The molecule has 0 saturated heterocycles. The summed E-state index contributed by atoms with van der Waals surface area (Å²) in [6.07, 6.45) is 3.38. The number of nitrogens with zero attached hydrogens (tertiary/aromatic N) is 1. The Labute approximate surface area is 125 Å². The van der Waals surface area contributed by atoms with Gasteiger partial charge in [0, 0.05) is 35.4 Å². The van der Waals surface area contributed by atoms with E-state index in [0.717, 1.165) is 0 Å². The topological polar surface area (TPSA) is 155 Å². The quantitative estimate of drug-likeness (QED) is 0.287. The molecule has 0 aliphatic rings. The Morgan fingerprint density at radius 3 is 2.11 bits per heavy atom. The van der Waals surface area contributed by atoms with Gasteiger partial charge in [-0.1, -0.05) is 0 Å². The van der Waals surface area contributed by atoms with Crippen LogP contribution in [0, 0.1) is 0 Å². The van der Waals surface area contributed by atoms with Crippen molar-refractivity contribution in [1.82, 2.24) is 9.97 Å². The monoisotopic (exact) mass is 339 g/mol. The van der Waals surface area contributed by atoms with E-state index in [1.165, 1.54) is 6.33 Å². The first-order valence-electron chi connectivity index (χ1n) is 4.93. The Balaban J connectivity index is 0. The van der Waals surface area contributed by atoms with Crippen LogP contribution in [0.3, 0.4) is 0 Å². The number of carbonyl (C=O) groups is 2. The molecule has 0 aliphatic heterocycles. The molecule has 1 rings (SSSR count). The van der Waals surface area contributed by atoms with Crippen molar-refractivity contribution in [1.29, 1.82) is 0 Å². The van der Waals surface area contributed by atoms with Crippen molar-refractivity contribution >= 4 is 24.6 Å². The fourth-order valence-corrected chi connectivity index (χ4v) is 0.949. The first-order chi connectivity index (χ1) is 8.38. The zero-order valence-electron chi connectivity index (χ0n) is 9.79. The number of hydrogen-bond acceptors (Lipinski definition) is 6. The Bertz CT molecular complexity index is 376. The van der Waals surface area contributed by atoms with E-state index >= 15 is 0 Å². The second-order valence-electron chi connectivity index (χ2n) is 3.34. The van der Waals surface area contributed by atoms with Crippen molar-refractivity contribution in [3.8, 4) is 0 Å². The van der Waals surface area contributed by atoms with Gasteiger partial charge in [-0.2, -0.15) is 12.6 Å². The molecule has 0 fully saturated rings. The number of nitrogens with one attached hydrogen (secondary N) is 1. The minimum atomic E-state index is -1.01. The summed E-state index contributed by atoms with van der Waals surface area (Å²) in [6.45, 7) is 0. The molecule has 0 saturated carbocycles. The van der Waals surface area contributed by atoms with E-state index in [1.54, 1.807) is 6.20 Å². The average molecular weight is 340 g/mol. The molecule has 1 aromatic rings. The van der Waals surface area contributed by atoms with Gasteiger partial charge in [0.2, 0.25) is 0 Å². The molecule has 0 aliphatic carbocycles. The van der Waals surface area contributed by atoms with Gasteiger partial charge in [-0.05, 0) is 0 Å². The van der Waals surface area contributed by atoms with Crippen LogP contribution < -0.4 is 11.5 Å². The Kier molecular flexibility index (Phi) is 11.5. The number of rotatable bonds is 5. The minimum absolute atomic E-state index is 0. The number of imidazole rings is 1. The maximum atomic E-state index is 10.3. The number of aliphatic carboxylic acids is 2. The predicted octanol–water partition coefficient (Wildman–Crippen LogP) is -1.31. The molecule has 7 N–H and O–H groups in total. The van der Waals surface area contributed by atoms with Gasteiger partial charge < -0.3 is 26.7 Å². The number of nitrogens with two attached hydrogens (primary N) is 2. The van der Waals surface area contributed by atoms with Gasteiger partial charge in [0.25, 0.3) is 0 Å². The summed E-state index contributed by atoms with van der Waals surface area (Å²) in [5.41, 5.74) is 10.9. The van der Waals surface area contributed by atoms with Crippen LogP contribution in [-0.2, 0) is 33.1 Å². The van der Waals surface area contributed by atoms with Crippen LogP contribution >= 0.6 is 12.6 Å². The zero-order chi connectivity index (χ0) is 14.1. The van der Waals surface area contributed by atoms with Gasteiger partial charge in [0.05, 0.1) is 12.0 Å². The third kappa shape index (κ3) is 9.51. The summed E-state index contributed by atoms with van der Waals surface area (Å²) in [6, 6.07) is -1.68. The van der Waals surface area contributed by atoms with E-state index in [9.17, 15) is 9.59 Å². The van der Waals surface area contributed by atoms with Crippen molar-refractivity contribution in [3.05, 3.63) is 18.2 Å². The number of H-pyrrole nitrogens is 1. The van der Waals surface area contributed by atoms with Gasteiger partial charge in [0.1, 0.15) is 12.1 Å². The van der Waals surface area contributed by atoms with Crippen LogP contribution in [0.5, 0.6) is 0 Å². The average Bonchev–Trinajstić information content (AvgIpc) is 2.81. The maximum Gasteiger partial charge on any atom is 0.321 e. The van der Waals surface area contributed by atoms with E-state index in [2.05, 4.69) is 22.6 Å². The van der Waals surface area contributed by atoms with E-state index in [-0.39, 0.29) is 29.2 Å². The maximum absolute atomic E-state index is 10.3. The molecule has 8 nitrogen and oxygen atoms in total. The molecule has 1 radical (unpaired) electrons. The number of carboxylic acid groups (broad SMARTS) is 2. The van der Waals surface area contributed by atoms with Crippen molar-refractivity contribution in [2.24, 2.45) is 11.5 Å². The number of aromatic amines is 1. The van der Waals surface area contributed by atoms with E-state index in [4.69, 9.17) is 21.7 Å². The van der Waals surface area contributed by atoms with Crippen LogP contribution in [-0.4, -0.2) is 50.0 Å². The summed E-state index contributed by atoms with van der Waals surface area (Å²) in [4.78, 5) is 26.6. The third-order valence-electron chi connectivity index (χ3n) is 1.81. The van der Waals surface area contributed by atoms with Gasteiger partial charge in [-0.3, -0.25) is 9.59 Å². The van der Waals surface area contributed by atoms with Crippen LogP contribution in [0.2, 0.25) is 0 Å². The normalized spacial score (nSPS) is 12.4. The fraction of sp³-hybridized carbons (Fsp3) is 0.444. The minimum Gasteiger partial charge on any atom is -0.480 e. The van der Waals surface area contributed by atoms with Crippen molar-refractivity contribution in [2.45, 2.75) is 18.5 Å². The van der Waals surface area contributed by atoms with Gasteiger partial charge >= 0.3 is 11.9 Å². The molecule has 1 aromatic heterocycles. The number of hydrogen-bond donors (Lipinski definition) is 6. The standard InChI is InChI=1S/C6H9N3O2.C3H7NO2S.Cu/c7-5(6(10)11)1-4-2-8-3-9-4;4-2(1-7)3(5)6;/h2-3,5H,1,7H2,(H,8,9)(H,10,11);2,7H,1,4H2,(H,5,6);. The van der Waals surface area contributed by atoms with Crippen LogP contribution in [0.4, 0.5) is 0 Å². The van der Waals surface area contributed by atoms with Gasteiger partial charge in [-0.15, -0.1) is 0 Å². The predicted molar refractivity (Wildman–Crippen MR) is 67.4 cm³/mol. The smallest absolute Gasteiger partial charge is 0.321 e. The Morgan fingerprint density at radius 1 is 1.32 bits per heavy atom. The number of aromatic nitrogens is 2. The molecule has 1 heterocycles. The van der Waals surface area contributed by atoms with Crippen LogP contribution in [0.15, 0.2) is 12.5 Å². The van der Waals surface area contributed by atoms with Gasteiger partial charge in [-0.25, -0.2) is 4.98 Å². The molecule has 0 aromatic carbocycles. The SMILES string of the molecule is NC(CS)C(=O)O.NC(Cc1c[nH]cn1)C(=O)O.[Cu]. The molecule has 2 unspecified atom stereocenters. The molecular formula is C9H16CuN4O4S. The molecule has 19 heavy (non-hydrogen) atoms. The first-order valence-corrected chi connectivity index (χ1v) is 5.57. The Hall–Kier alpha value is -1.06. The molecule has 0 spiro atoms. The molecule has 0 amide bonds. The van der Waals surface area contributed by atoms with E-state index < -0.39 is 24.0 Å². The second kappa shape index (κ2) is 10.8. The van der Waals surface area contributed by atoms with E-state index in [1.807, 2.05) is 0 Å². The first kappa shape index (κ1) is 20.3. The second-order valence-corrected chi connectivity index (χ2v) is 3.70. The Morgan fingerprint density at radius 2 is 1.84 bits per heavy atom. The van der Waals surface area contributed by atoms with Crippen molar-refractivity contribution < 1.29 is 36.9 Å². The summed E-state index contributed by atoms with van der Waals surface area (Å²) in [7, 11) is 0. The van der Waals surface area contributed by atoms with Crippen LogP contribution in [0.1, 0.15) is 5.69 Å². The van der Waals surface area contributed by atoms with Crippen molar-refractivity contribution in [3.63, 3.8) is 0 Å². The summed E-state index contributed by atoms with van der Waals surface area (Å²) in [5.74, 6) is -1.82. The molecule has 2 atom stereocenters. The molecule has 10 heteroatoms. The number of thiol groups is 1. The summed E-state index contributed by atoms with van der Waals surface area (Å²) < 4.78 is 0. The van der Waals surface area contributed by atoms with Crippen LogP contribution in [0.25, 0.3) is 0 Å². The molecule has 0 bridgehead atoms.